The number of nitrogens with two attached hydrogens (primary N) is 1. The number of piperidine rings is 1. The molecule has 1 aromatic rings. The van der Waals surface area contributed by atoms with Gasteiger partial charge in [-0.05, 0) is 44.7 Å². The van der Waals surface area contributed by atoms with E-state index < -0.39 is 39.3 Å². The molecular formula is C17H22N2O5S. The quantitative estimate of drug-likeness (QED) is 0.613. The number of benzene rings is 1. The number of carbonyl (C=O) groups excluding carboxylic acids is 2. The van der Waals surface area contributed by atoms with Crippen LogP contribution in [0.1, 0.15) is 25.3 Å². The van der Waals surface area contributed by atoms with Crippen molar-refractivity contribution in [3.8, 4) is 0 Å². The van der Waals surface area contributed by atoms with E-state index in [9.17, 15) is 18.0 Å². The third-order valence-electron chi connectivity index (χ3n) is 5.33. The van der Waals surface area contributed by atoms with E-state index in [-0.39, 0.29) is 24.5 Å². The average molecular weight is 366 g/mol. The van der Waals surface area contributed by atoms with Gasteiger partial charge in [0, 0.05) is 12.6 Å². The molecule has 1 saturated heterocycles. The second-order valence-corrected chi connectivity index (χ2v) is 8.62. The van der Waals surface area contributed by atoms with Crippen LogP contribution in [0.5, 0.6) is 0 Å². The summed E-state index contributed by atoms with van der Waals surface area (Å²) in [6, 6.07) is 6.21. The zero-order valence-electron chi connectivity index (χ0n) is 14.3. The second kappa shape index (κ2) is 6.10. The fourth-order valence-corrected chi connectivity index (χ4v) is 5.70. The van der Waals surface area contributed by atoms with Crippen LogP contribution >= 0.6 is 0 Å². The Morgan fingerprint density at radius 1 is 1.32 bits per heavy atom. The monoisotopic (exact) mass is 366 g/mol. The third-order valence-corrected chi connectivity index (χ3v) is 7.26. The Bertz CT molecular complexity index is 805. The van der Waals surface area contributed by atoms with Crippen LogP contribution in [0.2, 0.25) is 0 Å². The molecule has 0 radical (unpaired) electrons. The van der Waals surface area contributed by atoms with Crippen molar-refractivity contribution in [2.45, 2.75) is 37.6 Å². The Labute approximate surface area is 147 Å². The first-order valence-electron chi connectivity index (χ1n) is 8.29. The van der Waals surface area contributed by atoms with E-state index in [1.807, 2.05) is 6.92 Å². The van der Waals surface area contributed by atoms with Gasteiger partial charge in [0.2, 0.25) is 15.9 Å². The molecule has 3 atom stereocenters. The minimum atomic E-state index is -3.67. The van der Waals surface area contributed by atoms with E-state index in [0.717, 1.165) is 5.56 Å². The SMILES string of the molecule is CCOC(=O)C1(C(N)=O)CC2CC1CN2S(=O)(=O)c1ccc(C)cc1. The summed E-state index contributed by atoms with van der Waals surface area (Å²) in [4.78, 5) is 24.6. The number of aryl methyl sites for hydroxylation is 1. The van der Waals surface area contributed by atoms with Crippen LogP contribution in [0.3, 0.4) is 0 Å². The summed E-state index contributed by atoms with van der Waals surface area (Å²) in [6.07, 6.45) is 0.518. The van der Waals surface area contributed by atoms with Gasteiger partial charge in [-0.15, -0.1) is 0 Å². The summed E-state index contributed by atoms with van der Waals surface area (Å²) in [5.41, 5.74) is 5.08. The molecule has 136 valence electrons. The molecule has 0 spiro atoms. The number of sulfonamides is 1. The summed E-state index contributed by atoms with van der Waals surface area (Å²) < 4.78 is 32.3. The lowest BCUT2D eigenvalue weighted by atomic mass is 9.76. The van der Waals surface area contributed by atoms with Crippen molar-refractivity contribution in [2.75, 3.05) is 13.2 Å². The van der Waals surface area contributed by atoms with E-state index >= 15 is 0 Å². The van der Waals surface area contributed by atoms with Crippen molar-refractivity contribution >= 4 is 21.9 Å². The zero-order valence-corrected chi connectivity index (χ0v) is 15.1. The molecule has 1 aliphatic heterocycles. The highest BCUT2D eigenvalue weighted by Gasteiger charge is 2.64. The number of fused-ring (bicyclic) bond motifs is 2. The molecule has 1 aliphatic carbocycles. The van der Waals surface area contributed by atoms with E-state index in [2.05, 4.69) is 0 Å². The lowest BCUT2D eigenvalue weighted by Crippen LogP contribution is -2.54. The van der Waals surface area contributed by atoms with Gasteiger partial charge in [-0.2, -0.15) is 4.31 Å². The number of esters is 1. The first-order chi connectivity index (χ1) is 11.7. The number of primary amides is 1. The van der Waals surface area contributed by atoms with Gasteiger partial charge in [-0.3, -0.25) is 9.59 Å². The maximum atomic E-state index is 12.9. The van der Waals surface area contributed by atoms with Gasteiger partial charge in [0.1, 0.15) is 0 Å². The van der Waals surface area contributed by atoms with E-state index in [1.54, 1.807) is 31.2 Å². The summed E-state index contributed by atoms with van der Waals surface area (Å²) in [5, 5.41) is 0. The Balaban J connectivity index is 1.89. The number of nitrogens with zero attached hydrogens (tertiary/aromatic N) is 1. The lowest BCUT2D eigenvalue weighted by molar-refractivity contribution is -0.164. The molecule has 1 aromatic carbocycles. The molecule has 3 rings (SSSR count). The van der Waals surface area contributed by atoms with Gasteiger partial charge in [0.05, 0.1) is 11.5 Å². The minimum Gasteiger partial charge on any atom is -0.465 e. The van der Waals surface area contributed by atoms with Crippen LogP contribution in [-0.4, -0.2) is 43.8 Å². The zero-order chi connectivity index (χ0) is 18.4. The highest BCUT2D eigenvalue weighted by atomic mass is 32.2. The Hall–Kier alpha value is -1.93. The maximum Gasteiger partial charge on any atom is 0.322 e. The van der Waals surface area contributed by atoms with Crippen molar-refractivity contribution in [1.29, 1.82) is 0 Å². The van der Waals surface area contributed by atoms with Crippen LogP contribution in [0.4, 0.5) is 0 Å². The van der Waals surface area contributed by atoms with E-state index in [1.165, 1.54) is 4.31 Å². The summed E-state index contributed by atoms with van der Waals surface area (Å²) in [7, 11) is -3.67. The molecule has 1 saturated carbocycles. The molecule has 2 N–H and O–H groups in total. The number of hydrogen-bond donors (Lipinski definition) is 1. The molecule has 0 aromatic heterocycles. The standard InChI is InChI=1S/C17H22N2O5S/c1-3-24-16(21)17(15(18)20)9-13-8-12(17)10-19(13)25(22,23)14-6-4-11(2)5-7-14/h4-7,12-13H,3,8-10H2,1-2H3,(H2,18,20). The predicted molar refractivity (Wildman–Crippen MR) is 89.8 cm³/mol. The van der Waals surface area contributed by atoms with Gasteiger partial charge in [0.25, 0.3) is 0 Å². The maximum absolute atomic E-state index is 12.9. The summed E-state index contributed by atoms with van der Waals surface area (Å²) in [6.45, 7) is 3.79. The first-order valence-corrected chi connectivity index (χ1v) is 9.73. The van der Waals surface area contributed by atoms with Crippen molar-refractivity contribution in [3.05, 3.63) is 29.8 Å². The molecule has 25 heavy (non-hydrogen) atoms. The Morgan fingerprint density at radius 2 is 1.96 bits per heavy atom. The van der Waals surface area contributed by atoms with E-state index in [0.29, 0.717) is 6.42 Å². The van der Waals surface area contributed by atoms with Gasteiger partial charge in [-0.25, -0.2) is 8.42 Å². The minimum absolute atomic E-state index is 0.0803. The third kappa shape index (κ3) is 2.64. The van der Waals surface area contributed by atoms with Crippen LogP contribution in [-0.2, 0) is 24.3 Å². The smallest absolute Gasteiger partial charge is 0.322 e. The molecule has 1 amide bonds. The lowest BCUT2D eigenvalue weighted by Gasteiger charge is -2.36. The number of rotatable bonds is 5. The number of amides is 1. The fraction of sp³-hybridized carbons (Fsp3) is 0.529. The van der Waals surface area contributed by atoms with Crippen molar-refractivity contribution in [1.82, 2.24) is 4.31 Å². The molecule has 2 fully saturated rings. The van der Waals surface area contributed by atoms with Crippen molar-refractivity contribution in [3.63, 3.8) is 0 Å². The fourth-order valence-electron chi connectivity index (χ4n) is 4.02. The van der Waals surface area contributed by atoms with Gasteiger partial charge in [0.15, 0.2) is 5.41 Å². The number of ether oxygens (including phenoxy) is 1. The van der Waals surface area contributed by atoms with Crippen LogP contribution in [0.25, 0.3) is 0 Å². The molecule has 3 unspecified atom stereocenters. The first kappa shape index (κ1) is 17.9. The second-order valence-electron chi connectivity index (χ2n) is 6.73. The van der Waals surface area contributed by atoms with Crippen LogP contribution < -0.4 is 5.73 Å². The van der Waals surface area contributed by atoms with E-state index in [4.69, 9.17) is 10.5 Å². The van der Waals surface area contributed by atoms with Crippen molar-refractivity contribution in [2.24, 2.45) is 17.1 Å². The Kier molecular flexibility index (Phi) is 4.36. The molecule has 1 heterocycles. The molecular weight excluding hydrogens is 344 g/mol. The topological polar surface area (TPSA) is 107 Å². The molecule has 7 nitrogen and oxygen atoms in total. The molecule has 8 heteroatoms. The predicted octanol–water partition coefficient (Wildman–Crippen LogP) is 0.813. The number of carbonyl (C=O) groups is 2. The normalized spacial score (nSPS) is 28.9. The number of hydrogen-bond acceptors (Lipinski definition) is 5. The van der Waals surface area contributed by atoms with Gasteiger partial charge in [-0.1, -0.05) is 17.7 Å². The molecule has 2 aliphatic rings. The highest BCUT2D eigenvalue weighted by Crippen LogP contribution is 2.52. The van der Waals surface area contributed by atoms with Crippen LogP contribution in [0, 0.1) is 18.3 Å². The van der Waals surface area contributed by atoms with Gasteiger partial charge >= 0.3 is 5.97 Å². The highest BCUT2D eigenvalue weighted by molar-refractivity contribution is 7.89. The largest absolute Gasteiger partial charge is 0.465 e. The average Bonchev–Trinajstić information content (AvgIpc) is 3.14. The van der Waals surface area contributed by atoms with Crippen molar-refractivity contribution < 1.29 is 22.7 Å². The van der Waals surface area contributed by atoms with Crippen LogP contribution in [0.15, 0.2) is 29.2 Å². The van der Waals surface area contributed by atoms with Gasteiger partial charge < -0.3 is 10.5 Å². The Morgan fingerprint density at radius 3 is 2.44 bits per heavy atom. The molecule has 2 bridgehead atoms. The summed E-state index contributed by atoms with van der Waals surface area (Å²) in [5.74, 6) is -1.82. The summed E-state index contributed by atoms with van der Waals surface area (Å²) >= 11 is 0.